The van der Waals surface area contributed by atoms with E-state index in [4.69, 9.17) is 0 Å². The first kappa shape index (κ1) is 31.9. The van der Waals surface area contributed by atoms with Crippen molar-refractivity contribution in [2.24, 2.45) is 0 Å². The van der Waals surface area contributed by atoms with Crippen LogP contribution in [0, 0.1) is 6.92 Å². The zero-order valence-electron chi connectivity index (χ0n) is 25.0. The Hall–Kier alpha value is -3.65. The number of hydrogen-bond acceptors (Lipinski definition) is 4. The third-order valence-electron chi connectivity index (χ3n) is 7.27. The quantitative estimate of drug-likeness (QED) is 0.293. The fourth-order valence-corrected chi connectivity index (χ4v) is 5.37. The number of rotatable bonds is 13. The van der Waals surface area contributed by atoms with E-state index in [9.17, 15) is 18.0 Å². The van der Waals surface area contributed by atoms with Gasteiger partial charge in [0, 0.05) is 19.0 Å². The molecule has 220 valence electrons. The monoisotopic (exact) mass is 577 g/mol. The lowest BCUT2D eigenvalue weighted by Crippen LogP contribution is -2.54. The number of benzene rings is 3. The second-order valence-corrected chi connectivity index (χ2v) is 13.0. The van der Waals surface area contributed by atoms with Crippen LogP contribution in [0.2, 0.25) is 0 Å². The summed E-state index contributed by atoms with van der Waals surface area (Å²) >= 11 is 0. The van der Waals surface area contributed by atoms with Crippen LogP contribution in [0.5, 0.6) is 0 Å². The molecule has 2 atom stereocenters. The summed E-state index contributed by atoms with van der Waals surface area (Å²) in [7, 11) is -3.80. The molecule has 3 aromatic rings. The highest BCUT2D eigenvalue weighted by Crippen LogP contribution is 2.23. The van der Waals surface area contributed by atoms with E-state index >= 15 is 0 Å². The Labute approximate surface area is 245 Å². The third-order valence-corrected chi connectivity index (χ3v) is 8.41. The smallest absolute Gasteiger partial charge is 0.244 e. The number of amides is 2. The van der Waals surface area contributed by atoms with Crippen molar-refractivity contribution in [1.82, 2.24) is 10.2 Å². The molecule has 0 radical (unpaired) electrons. The molecule has 3 aromatic carbocycles. The van der Waals surface area contributed by atoms with Gasteiger partial charge >= 0.3 is 0 Å². The molecule has 7 nitrogen and oxygen atoms in total. The predicted octanol–water partition coefficient (Wildman–Crippen LogP) is 5.44. The van der Waals surface area contributed by atoms with Gasteiger partial charge < -0.3 is 10.2 Å². The van der Waals surface area contributed by atoms with Gasteiger partial charge in [-0.15, -0.1) is 0 Å². The second kappa shape index (κ2) is 14.3. The molecule has 0 fully saturated rings. The number of nitrogens with zero attached hydrogens (tertiary/aromatic N) is 2. The first-order valence-corrected chi connectivity index (χ1v) is 16.0. The van der Waals surface area contributed by atoms with Crippen molar-refractivity contribution < 1.29 is 18.0 Å². The van der Waals surface area contributed by atoms with Gasteiger partial charge in [0.2, 0.25) is 21.8 Å². The standard InChI is InChI=1S/C33H43N3O4S/c1-7-26(5)34-33(38)31(21-27-11-9-8-10-12-27)35(22-28-15-13-25(4)14-16-28)32(37)23-36(41(6,39)40)30-19-17-29(18-20-30)24(2)3/h8-20,24,26,31H,7,21-23H2,1-6H3,(H,34,38). The second-order valence-electron chi connectivity index (χ2n) is 11.0. The van der Waals surface area contributed by atoms with Crippen molar-refractivity contribution in [1.29, 1.82) is 0 Å². The normalized spacial score (nSPS) is 13.0. The Morgan fingerprint density at radius 1 is 0.854 bits per heavy atom. The van der Waals surface area contributed by atoms with E-state index < -0.39 is 28.5 Å². The van der Waals surface area contributed by atoms with Crippen LogP contribution in [0.1, 0.15) is 62.3 Å². The fourth-order valence-electron chi connectivity index (χ4n) is 4.52. The summed E-state index contributed by atoms with van der Waals surface area (Å²) in [5, 5.41) is 3.05. The lowest BCUT2D eigenvalue weighted by molar-refractivity contribution is -0.140. The van der Waals surface area contributed by atoms with E-state index in [0.29, 0.717) is 12.1 Å². The predicted molar refractivity (Wildman–Crippen MR) is 166 cm³/mol. The van der Waals surface area contributed by atoms with Gasteiger partial charge in [0.1, 0.15) is 12.6 Å². The lowest BCUT2D eigenvalue weighted by Gasteiger charge is -2.34. The van der Waals surface area contributed by atoms with Crippen LogP contribution in [0.3, 0.4) is 0 Å². The van der Waals surface area contributed by atoms with Crippen LogP contribution in [-0.2, 0) is 32.6 Å². The van der Waals surface area contributed by atoms with Gasteiger partial charge in [-0.1, -0.05) is 93.1 Å². The molecular weight excluding hydrogens is 534 g/mol. The first-order chi connectivity index (χ1) is 19.4. The SMILES string of the molecule is CCC(C)NC(=O)C(Cc1ccccc1)N(Cc1ccc(C)cc1)C(=O)CN(c1ccc(C(C)C)cc1)S(C)(=O)=O. The molecule has 0 bridgehead atoms. The van der Waals surface area contributed by atoms with Gasteiger partial charge in [0.05, 0.1) is 11.9 Å². The van der Waals surface area contributed by atoms with Gasteiger partial charge in [-0.2, -0.15) is 0 Å². The summed E-state index contributed by atoms with van der Waals surface area (Å²) in [6.45, 7) is 9.76. The van der Waals surface area contributed by atoms with E-state index in [2.05, 4.69) is 19.2 Å². The van der Waals surface area contributed by atoms with E-state index in [1.54, 1.807) is 12.1 Å². The van der Waals surface area contributed by atoms with Crippen molar-refractivity contribution in [2.75, 3.05) is 17.1 Å². The summed E-state index contributed by atoms with van der Waals surface area (Å²) < 4.78 is 27.0. The maximum Gasteiger partial charge on any atom is 0.244 e. The van der Waals surface area contributed by atoms with Gasteiger partial charge in [0.15, 0.2) is 0 Å². The van der Waals surface area contributed by atoms with Crippen LogP contribution in [0.25, 0.3) is 0 Å². The molecule has 2 unspecified atom stereocenters. The molecule has 0 aliphatic heterocycles. The molecule has 0 saturated heterocycles. The summed E-state index contributed by atoms with van der Waals surface area (Å²) in [5.74, 6) is -0.440. The first-order valence-electron chi connectivity index (χ1n) is 14.2. The largest absolute Gasteiger partial charge is 0.352 e. The van der Waals surface area contributed by atoms with Gasteiger partial charge in [-0.3, -0.25) is 13.9 Å². The highest BCUT2D eigenvalue weighted by atomic mass is 32.2. The fraction of sp³-hybridized carbons (Fsp3) is 0.394. The van der Waals surface area contributed by atoms with Crippen LogP contribution in [0.4, 0.5) is 5.69 Å². The maximum atomic E-state index is 14.2. The molecule has 3 rings (SSSR count). The molecule has 0 aliphatic carbocycles. The molecule has 0 spiro atoms. The minimum Gasteiger partial charge on any atom is -0.352 e. The third kappa shape index (κ3) is 9.18. The Morgan fingerprint density at radius 2 is 1.46 bits per heavy atom. The summed E-state index contributed by atoms with van der Waals surface area (Å²) in [4.78, 5) is 29.4. The van der Waals surface area contributed by atoms with Crippen LogP contribution in [0.15, 0.2) is 78.9 Å². The van der Waals surface area contributed by atoms with Gasteiger partial charge in [-0.25, -0.2) is 8.42 Å². The topological polar surface area (TPSA) is 86.8 Å². The Bertz CT molecular complexity index is 1390. The molecular formula is C33H43N3O4S. The molecule has 0 aliphatic rings. The van der Waals surface area contributed by atoms with E-state index in [1.165, 1.54) is 4.90 Å². The minimum absolute atomic E-state index is 0.0795. The van der Waals surface area contributed by atoms with E-state index in [1.807, 2.05) is 87.5 Å². The molecule has 41 heavy (non-hydrogen) atoms. The molecule has 0 saturated carbocycles. The summed E-state index contributed by atoms with van der Waals surface area (Å²) in [6, 6.07) is 23.6. The van der Waals surface area contributed by atoms with Crippen LogP contribution >= 0.6 is 0 Å². The Balaban J connectivity index is 2.04. The zero-order valence-corrected chi connectivity index (χ0v) is 25.8. The van der Waals surface area contributed by atoms with Gasteiger partial charge in [-0.05, 0) is 55.0 Å². The Kier molecular flexibility index (Phi) is 11.1. The molecule has 2 amide bonds. The maximum absolute atomic E-state index is 14.2. The number of hydrogen-bond donors (Lipinski definition) is 1. The summed E-state index contributed by atoms with van der Waals surface area (Å²) in [5.41, 5.74) is 4.31. The highest BCUT2D eigenvalue weighted by Gasteiger charge is 2.33. The average Bonchev–Trinajstić information content (AvgIpc) is 2.94. The molecule has 1 N–H and O–H groups in total. The van der Waals surface area contributed by atoms with Crippen molar-refractivity contribution in [3.05, 3.63) is 101 Å². The van der Waals surface area contributed by atoms with Crippen molar-refractivity contribution in [2.45, 2.75) is 72.0 Å². The number of sulfonamides is 1. The lowest BCUT2D eigenvalue weighted by atomic mass is 10.0. The number of carbonyl (C=O) groups is 2. The minimum atomic E-state index is -3.80. The van der Waals surface area contributed by atoms with Crippen LogP contribution < -0.4 is 9.62 Å². The van der Waals surface area contributed by atoms with E-state index in [-0.39, 0.29) is 24.4 Å². The summed E-state index contributed by atoms with van der Waals surface area (Å²) in [6.07, 6.45) is 2.13. The van der Waals surface area contributed by atoms with Crippen molar-refractivity contribution >= 4 is 27.5 Å². The number of anilines is 1. The highest BCUT2D eigenvalue weighted by molar-refractivity contribution is 7.92. The number of nitrogens with one attached hydrogen (secondary N) is 1. The molecule has 0 aromatic heterocycles. The number of carbonyl (C=O) groups excluding carboxylic acids is 2. The molecule has 8 heteroatoms. The average molecular weight is 578 g/mol. The Morgan fingerprint density at radius 3 is 2.00 bits per heavy atom. The van der Waals surface area contributed by atoms with Crippen molar-refractivity contribution in [3.8, 4) is 0 Å². The number of aryl methyl sites for hydroxylation is 1. The van der Waals surface area contributed by atoms with Crippen molar-refractivity contribution in [3.63, 3.8) is 0 Å². The zero-order chi connectivity index (χ0) is 30.2. The van der Waals surface area contributed by atoms with E-state index in [0.717, 1.165) is 39.2 Å². The van der Waals surface area contributed by atoms with Gasteiger partial charge in [0.25, 0.3) is 0 Å². The van der Waals surface area contributed by atoms with Crippen LogP contribution in [-0.4, -0.2) is 50.0 Å². The molecule has 0 heterocycles.